The number of hydrogen-bond donors (Lipinski definition) is 2. The Kier molecular flexibility index (Phi) is 6.97. The van der Waals surface area contributed by atoms with Crippen LogP contribution in [0.5, 0.6) is 11.5 Å². The first-order valence-electron chi connectivity index (χ1n) is 10.8. The predicted molar refractivity (Wildman–Crippen MR) is 129 cm³/mol. The molecule has 176 valence electrons. The summed E-state index contributed by atoms with van der Waals surface area (Å²) in [5.74, 6) is 0.298. The highest BCUT2D eigenvalue weighted by Gasteiger charge is 2.11. The minimum Gasteiger partial charge on any atom is -0.457 e. The van der Waals surface area contributed by atoms with E-state index in [2.05, 4.69) is 25.7 Å². The molecule has 3 aromatic heterocycles. The summed E-state index contributed by atoms with van der Waals surface area (Å²) in [6.45, 7) is 4.18. The third kappa shape index (κ3) is 5.97. The van der Waals surface area contributed by atoms with Gasteiger partial charge in [0, 0.05) is 36.3 Å². The second-order valence-electron chi connectivity index (χ2n) is 7.95. The van der Waals surface area contributed by atoms with Crippen molar-refractivity contribution < 1.29 is 13.9 Å². The molecule has 4 aromatic rings. The van der Waals surface area contributed by atoms with Crippen LogP contribution in [0.1, 0.15) is 25.3 Å². The number of carbonyl (C=O) groups excluding carboxylic acids is 1. The molecule has 0 saturated heterocycles. The van der Waals surface area contributed by atoms with Gasteiger partial charge in [-0.25, -0.2) is 9.18 Å². The highest BCUT2D eigenvalue weighted by molar-refractivity contribution is 5.99. The first kappa shape index (κ1) is 23.4. The molecule has 35 heavy (non-hydrogen) atoms. The smallest absolute Gasteiger partial charge is 0.323 e. The number of nitrogens with one attached hydrogen (secondary N) is 2. The Hall–Kier alpha value is -4.78. The molecule has 0 aliphatic carbocycles. The number of amides is 2. The molecule has 2 amide bonds. The van der Waals surface area contributed by atoms with Gasteiger partial charge in [0.25, 0.3) is 0 Å². The molecule has 0 bridgehead atoms. The van der Waals surface area contributed by atoms with Gasteiger partial charge in [0.2, 0.25) is 0 Å². The van der Waals surface area contributed by atoms with E-state index in [-0.39, 0.29) is 23.9 Å². The molecule has 0 aliphatic heterocycles. The maximum atomic E-state index is 14.7. The second kappa shape index (κ2) is 10.4. The molecule has 9 nitrogen and oxygen atoms in total. The van der Waals surface area contributed by atoms with Crippen LogP contribution >= 0.6 is 0 Å². The number of hydrogen-bond acceptors (Lipinski definition) is 6. The Balaban J connectivity index is 1.41. The normalized spacial score (nSPS) is 10.6. The lowest BCUT2D eigenvalue weighted by molar-refractivity contribution is 0.262. The standard InChI is InChI=1S/C25H22FN7O2/c1-16(2)17-9-19(14-28-12-17)31-25(34)32-23-4-3-20(10-22(23)26)35-21-5-7-29-24(11-21)18-13-30-33(15-18)8-6-27/h3-5,7,9-16H,8H2,1-2H3,(H2,31,32,34). The maximum Gasteiger partial charge on any atom is 0.323 e. The largest absolute Gasteiger partial charge is 0.457 e. The van der Waals surface area contributed by atoms with Crippen LogP contribution in [0, 0.1) is 17.1 Å². The fourth-order valence-electron chi connectivity index (χ4n) is 3.21. The van der Waals surface area contributed by atoms with E-state index in [0.29, 0.717) is 17.1 Å². The number of urea groups is 1. The van der Waals surface area contributed by atoms with Crippen molar-refractivity contribution in [1.29, 1.82) is 5.26 Å². The van der Waals surface area contributed by atoms with Crippen LogP contribution in [0.4, 0.5) is 20.6 Å². The summed E-state index contributed by atoms with van der Waals surface area (Å²) in [5, 5.41) is 18.0. The summed E-state index contributed by atoms with van der Waals surface area (Å²) in [6.07, 6.45) is 8.13. The number of carbonyl (C=O) groups is 1. The molecular weight excluding hydrogens is 449 g/mol. The van der Waals surface area contributed by atoms with Crippen molar-refractivity contribution in [3.05, 3.63) is 78.8 Å². The summed E-state index contributed by atoms with van der Waals surface area (Å²) in [7, 11) is 0. The number of nitriles is 1. The number of aromatic nitrogens is 4. The van der Waals surface area contributed by atoms with Crippen LogP contribution in [-0.4, -0.2) is 25.8 Å². The van der Waals surface area contributed by atoms with E-state index in [9.17, 15) is 9.18 Å². The Morgan fingerprint density at radius 1 is 1.14 bits per heavy atom. The first-order chi connectivity index (χ1) is 16.9. The van der Waals surface area contributed by atoms with E-state index >= 15 is 0 Å². The SMILES string of the molecule is CC(C)c1cncc(NC(=O)Nc2ccc(Oc3ccnc(-c4cnn(CC#N)c4)c3)cc2F)c1. The molecule has 3 heterocycles. The molecule has 0 atom stereocenters. The summed E-state index contributed by atoms with van der Waals surface area (Å²) >= 11 is 0. The molecule has 0 saturated carbocycles. The first-order valence-corrected chi connectivity index (χ1v) is 10.8. The van der Waals surface area contributed by atoms with Crippen LogP contribution in [-0.2, 0) is 6.54 Å². The van der Waals surface area contributed by atoms with Gasteiger partial charge in [-0.3, -0.25) is 14.6 Å². The highest BCUT2D eigenvalue weighted by Crippen LogP contribution is 2.28. The molecule has 4 rings (SSSR count). The summed E-state index contributed by atoms with van der Waals surface area (Å²) < 4.78 is 21.9. The van der Waals surface area contributed by atoms with Crippen LogP contribution < -0.4 is 15.4 Å². The number of benzene rings is 1. The average molecular weight is 471 g/mol. The molecule has 1 aromatic carbocycles. The van der Waals surface area contributed by atoms with Gasteiger partial charge in [0.1, 0.15) is 23.9 Å². The Morgan fingerprint density at radius 3 is 2.74 bits per heavy atom. The molecule has 2 N–H and O–H groups in total. The molecule has 0 radical (unpaired) electrons. The molecule has 0 aliphatic rings. The highest BCUT2D eigenvalue weighted by atomic mass is 19.1. The van der Waals surface area contributed by atoms with Crippen LogP contribution in [0.15, 0.2) is 67.4 Å². The Morgan fingerprint density at radius 2 is 1.97 bits per heavy atom. The fraction of sp³-hybridized carbons (Fsp3) is 0.160. The maximum absolute atomic E-state index is 14.7. The van der Waals surface area contributed by atoms with E-state index in [1.54, 1.807) is 43.0 Å². The molecule has 0 unspecified atom stereocenters. The molecule has 10 heteroatoms. The lowest BCUT2D eigenvalue weighted by atomic mass is 10.1. The van der Waals surface area contributed by atoms with E-state index in [1.165, 1.54) is 23.0 Å². The Bertz CT molecular complexity index is 1390. The van der Waals surface area contributed by atoms with Gasteiger partial charge in [0.15, 0.2) is 0 Å². The van der Waals surface area contributed by atoms with Gasteiger partial charge in [-0.1, -0.05) is 13.8 Å². The van der Waals surface area contributed by atoms with Gasteiger partial charge >= 0.3 is 6.03 Å². The number of ether oxygens (including phenoxy) is 1. The molecule has 0 spiro atoms. The number of halogens is 1. The predicted octanol–water partition coefficient (Wildman–Crippen LogP) is 5.56. The quantitative estimate of drug-likeness (QED) is 0.364. The minimum absolute atomic E-state index is 0.00291. The van der Waals surface area contributed by atoms with Crippen LogP contribution in [0.2, 0.25) is 0 Å². The molecule has 0 fully saturated rings. The van der Waals surface area contributed by atoms with Crippen molar-refractivity contribution in [2.45, 2.75) is 26.3 Å². The third-order valence-electron chi connectivity index (χ3n) is 5.00. The zero-order valence-corrected chi connectivity index (χ0v) is 19.1. The topological polar surface area (TPSA) is 118 Å². The monoisotopic (exact) mass is 471 g/mol. The van der Waals surface area contributed by atoms with Crippen molar-refractivity contribution in [2.24, 2.45) is 0 Å². The average Bonchev–Trinajstić information content (AvgIpc) is 3.30. The van der Waals surface area contributed by atoms with Gasteiger partial charge in [0.05, 0.1) is 35.5 Å². The number of rotatable bonds is 7. The lowest BCUT2D eigenvalue weighted by Crippen LogP contribution is -2.20. The van der Waals surface area contributed by atoms with Crippen molar-refractivity contribution >= 4 is 17.4 Å². The molecular formula is C25H22FN7O2. The van der Waals surface area contributed by atoms with Crippen LogP contribution in [0.3, 0.4) is 0 Å². The second-order valence-corrected chi connectivity index (χ2v) is 7.95. The number of anilines is 2. The zero-order chi connectivity index (χ0) is 24.8. The van der Waals surface area contributed by atoms with Gasteiger partial charge in [-0.05, 0) is 35.7 Å². The lowest BCUT2D eigenvalue weighted by Gasteiger charge is -2.12. The van der Waals surface area contributed by atoms with E-state index in [4.69, 9.17) is 10.00 Å². The van der Waals surface area contributed by atoms with Crippen molar-refractivity contribution in [1.82, 2.24) is 19.7 Å². The van der Waals surface area contributed by atoms with E-state index in [1.807, 2.05) is 26.0 Å². The van der Waals surface area contributed by atoms with E-state index < -0.39 is 11.8 Å². The van der Waals surface area contributed by atoms with Crippen LogP contribution in [0.25, 0.3) is 11.3 Å². The fourth-order valence-corrected chi connectivity index (χ4v) is 3.21. The summed E-state index contributed by atoms with van der Waals surface area (Å²) in [6, 6.07) is 10.7. The number of nitrogens with zero attached hydrogens (tertiary/aromatic N) is 5. The van der Waals surface area contributed by atoms with Gasteiger partial charge in [-0.2, -0.15) is 10.4 Å². The third-order valence-corrected chi connectivity index (χ3v) is 5.00. The Labute approximate surface area is 201 Å². The van der Waals surface area contributed by atoms with E-state index in [0.717, 1.165) is 11.1 Å². The summed E-state index contributed by atoms with van der Waals surface area (Å²) in [5.41, 5.74) is 2.81. The van der Waals surface area contributed by atoms with Gasteiger partial charge in [-0.15, -0.1) is 0 Å². The van der Waals surface area contributed by atoms with Gasteiger partial charge < -0.3 is 15.4 Å². The minimum atomic E-state index is -0.654. The summed E-state index contributed by atoms with van der Waals surface area (Å²) in [4.78, 5) is 20.7. The van der Waals surface area contributed by atoms with Crippen molar-refractivity contribution in [3.8, 4) is 28.8 Å². The number of pyridine rings is 2. The zero-order valence-electron chi connectivity index (χ0n) is 19.1. The van der Waals surface area contributed by atoms with Crippen molar-refractivity contribution in [2.75, 3.05) is 10.6 Å². The van der Waals surface area contributed by atoms with Crippen molar-refractivity contribution in [3.63, 3.8) is 0 Å².